The van der Waals surface area contributed by atoms with Gasteiger partial charge in [0.05, 0.1) is 16.5 Å². The van der Waals surface area contributed by atoms with Crippen LogP contribution in [0.4, 0.5) is 5.69 Å². The van der Waals surface area contributed by atoms with Crippen molar-refractivity contribution in [1.82, 2.24) is 4.98 Å². The van der Waals surface area contributed by atoms with E-state index >= 15 is 0 Å². The van der Waals surface area contributed by atoms with Gasteiger partial charge in [-0.1, -0.05) is 6.07 Å². The molecule has 11 heteroatoms. The van der Waals surface area contributed by atoms with Crippen LogP contribution in [-0.2, 0) is 19.6 Å². The first-order valence-electron chi connectivity index (χ1n) is 9.99. The first kappa shape index (κ1) is 21.6. The lowest BCUT2D eigenvalue weighted by atomic mass is 9.96. The van der Waals surface area contributed by atoms with E-state index in [1.54, 1.807) is 24.3 Å². The van der Waals surface area contributed by atoms with Gasteiger partial charge in [-0.2, -0.15) is 0 Å². The minimum Gasteiger partial charge on any atom is -0.507 e. The third kappa shape index (κ3) is 3.56. The number of benzene rings is 2. The van der Waals surface area contributed by atoms with Crippen LogP contribution in [0.3, 0.4) is 0 Å². The monoisotopic (exact) mass is 479 g/mol. The van der Waals surface area contributed by atoms with Gasteiger partial charge in [0.15, 0.2) is 11.5 Å². The highest BCUT2D eigenvalue weighted by molar-refractivity contribution is 7.89. The van der Waals surface area contributed by atoms with Gasteiger partial charge in [0.25, 0.3) is 11.7 Å². The average Bonchev–Trinajstić information content (AvgIpc) is 3.41. The number of pyridine rings is 1. The smallest absolute Gasteiger partial charge is 0.300 e. The van der Waals surface area contributed by atoms with Gasteiger partial charge >= 0.3 is 0 Å². The molecule has 5 rings (SSSR count). The molecule has 3 aromatic rings. The Bertz CT molecular complexity index is 1450. The highest BCUT2D eigenvalue weighted by Crippen LogP contribution is 2.43. The highest BCUT2D eigenvalue weighted by Gasteiger charge is 2.47. The van der Waals surface area contributed by atoms with E-state index in [0.29, 0.717) is 17.1 Å². The molecular weight excluding hydrogens is 462 g/mol. The van der Waals surface area contributed by atoms with Crippen molar-refractivity contribution in [3.8, 4) is 11.5 Å². The van der Waals surface area contributed by atoms with Gasteiger partial charge in [-0.15, -0.1) is 0 Å². The number of aliphatic hydroxyl groups is 1. The van der Waals surface area contributed by atoms with Crippen molar-refractivity contribution in [3.63, 3.8) is 0 Å². The second kappa shape index (κ2) is 7.97. The number of ketones is 1. The molecule has 2 aliphatic rings. The standard InChI is InChI=1S/C23H17N3O7S/c24-34(30,31)16-6-4-15(5-7-16)26-20(14-2-1-9-25-11-14)19(22(28)23(26)29)21(27)13-3-8-17-18(10-13)33-12-32-17/h1-11,20,27H,12H2,(H2,24,30,31)/b21-19-. The number of aliphatic hydroxyl groups excluding tert-OH is 1. The number of aromatic nitrogens is 1. The SMILES string of the molecule is NS(=O)(=O)c1ccc(N2C(=O)C(=O)/C(=C(\O)c3ccc4c(c3)OCO4)C2c2cccnc2)cc1. The number of Topliss-reactive ketones (excluding diaryl/α,β-unsaturated/α-hetero) is 1. The van der Waals surface area contributed by atoms with Crippen LogP contribution in [-0.4, -0.2) is 37.0 Å². The predicted molar refractivity (Wildman–Crippen MR) is 119 cm³/mol. The van der Waals surface area contributed by atoms with Crippen LogP contribution < -0.4 is 19.5 Å². The maximum absolute atomic E-state index is 13.1. The zero-order valence-electron chi connectivity index (χ0n) is 17.4. The van der Waals surface area contributed by atoms with E-state index in [0.717, 1.165) is 0 Å². The number of carbonyl (C=O) groups is 2. The number of amides is 1. The van der Waals surface area contributed by atoms with Crippen molar-refractivity contribution in [3.05, 3.63) is 83.7 Å². The number of fused-ring (bicyclic) bond motifs is 1. The molecule has 0 radical (unpaired) electrons. The molecule has 2 aliphatic heterocycles. The molecule has 172 valence electrons. The Hall–Kier alpha value is -4.22. The van der Waals surface area contributed by atoms with E-state index < -0.39 is 33.5 Å². The number of rotatable bonds is 4. The summed E-state index contributed by atoms with van der Waals surface area (Å²) >= 11 is 0. The molecule has 1 fully saturated rings. The number of primary sulfonamides is 1. The van der Waals surface area contributed by atoms with Crippen molar-refractivity contribution >= 4 is 33.2 Å². The second-order valence-electron chi connectivity index (χ2n) is 7.56. The Morgan fingerprint density at radius 3 is 2.47 bits per heavy atom. The van der Waals surface area contributed by atoms with Crippen molar-refractivity contribution in [2.45, 2.75) is 10.9 Å². The molecule has 3 heterocycles. The molecule has 0 bridgehead atoms. The molecule has 1 saturated heterocycles. The van der Waals surface area contributed by atoms with E-state index in [1.807, 2.05) is 0 Å². The summed E-state index contributed by atoms with van der Waals surface area (Å²) in [4.78, 5) is 31.4. The fraction of sp³-hybridized carbons (Fsp3) is 0.0870. The summed E-state index contributed by atoms with van der Waals surface area (Å²) in [6.45, 7) is 0.0359. The Morgan fingerprint density at radius 1 is 1.06 bits per heavy atom. The number of hydrogen-bond acceptors (Lipinski definition) is 8. The third-order valence-electron chi connectivity index (χ3n) is 5.53. The zero-order valence-corrected chi connectivity index (χ0v) is 18.2. The van der Waals surface area contributed by atoms with Gasteiger partial charge in [-0.3, -0.25) is 19.5 Å². The molecule has 0 spiro atoms. The number of anilines is 1. The third-order valence-corrected chi connectivity index (χ3v) is 6.46. The summed E-state index contributed by atoms with van der Waals surface area (Å²) in [5.74, 6) is -1.29. The molecule has 2 aromatic carbocycles. The maximum atomic E-state index is 13.1. The van der Waals surface area contributed by atoms with E-state index in [1.165, 1.54) is 47.6 Å². The van der Waals surface area contributed by atoms with E-state index in [4.69, 9.17) is 14.6 Å². The van der Waals surface area contributed by atoms with E-state index in [2.05, 4.69) is 4.98 Å². The molecule has 3 N–H and O–H groups in total. The molecule has 0 saturated carbocycles. The maximum Gasteiger partial charge on any atom is 0.300 e. The van der Waals surface area contributed by atoms with Gasteiger partial charge in [0.1, 0.15) is 5.76 Å². The molecule has 1 aromatic heterocycles. The molecule has 10 nitrogen and oxygen atoms in total. The van der Waals surface area contributed by atoms with E-state index in [9.17, 15) is 23.1 Å². The van der Waals surface area contributed by atoms with Crippen LogP contribution in [0.1, 0.15) is 17.2 Å². The van der Waals surface area contributed by atoms with Crippen molar-refractivity contribution in [2.24, 2.45) is 5.14 Å². The van der Waals surface area contributed by atoms with Crippen LogP contribution in [0, 0.1) is 0 Å². The van der Waals surface area contributed by atoms with Gasteiger partial charge in [0, 0.05) is 23.6 Å². The molecular formula is C23H17N3O7S. The number of nitrogens with two attached hydrogens (primary N) is 1. The molecule has 1 amide bonds. The minimum absolute atomic E-state index is 0.0359. The summed E-state index contributed by atoms with van der Waals surface area (Å²) in [5, 5.41) is 16.3. The average molecular weight is 479 g/mol. The van der Waals surface area contributed by atoms with Gasteiger partial charge in [0.2, 0.25) is 16.8 Å². The first-order chi connectivity index (χ1) is 16.3. The summed E-state index contributed by atoms with van der Waals surface area (Å²) in [6.07, 6.45) is 3.02. The number of sulfonamides is 1. The first-order valence-corrected chi connectivity index (χ1v) is 11.5. The topological polar surface area (TPSA) is 149 Å². The quantitative estimate of drug-likeness (QED) is 0.328. The van der Waals surface area contributed by atoms with Gasteiger partial charge in [-0.25, -0.2) is 13.6 Å². The Balaban J connectivity index is 1.67. The van der Waals surface area contributed by atoms with Gasteiger partial charge in [-0.05, 0) is 54.1 Å². The Kier molecular flexibility index (Phi) is 5.07. The van der Waals surface area contributed by atoms with Crippen LogP contribution in [0.5, 0.6) is 11.5 Å². The van der Waals surface area contributed by atoms with Crippen LogP contribution >= 0.6 is 0 Å². The van der Waals surface area contributed by atoms with Crippen LogP contribution in [0.15, 0.2) is 77.5 Å². The fourth-order valence-corrected chi connectivity index (χ4v) is 4.46. The number of hydrogen-bond donors (Lipinski definition) is 2. The van der Waals surface area contributed by atoms with Crippen molar-refractivity contribution in [1.29, 1.82) is 0 Å². The predicted octanol–water partition coefficient (Wildman–Crippen LogP) is 2.08. The summed E-state index contributed by atoms with van der Waals surface area (Å²) in [7, 11) is -3.95. The lowest BCUT2D eigenvalue weighted by molar-refractivity contribution is -0.132. The normalized spacial score (nSPS) is 19.0. The zero-order chi connectivity index (χ0) is 24.0. The summed E-state index contributed by atoms with van der Waals surface area (Å²) < 4.78 is 33.9. The molecule has 0 aliphatic carbocycles. The summed E-state index contributed by atoms with van der Waals surface area (Å²) in [6, 6.07) is 12.2. The highest BCUT2D eigenvalue weighted by atomic mass is 32.2. The number of ether oxygens (including phenoxy) is 2. The summed E-state index contributed by atoms with van der Waals surface area (Å²) in [5.41, 5.74) is 0.834. The van der Waals surface area contributed by atoms with Gasteiger partial charge < -0.3 is 14.6 Å². The second-order valence-corrected chi connectivity index (χ2v) is 9.12. The number of nitrogens with zero attached hydrogens (tertiary/aromatic N) is 2. The van der Waals surface area contributed by atoms with Crippen LogP contribution in [0.2, 0.25) is 0 Å². The Morgan fingerprint density at radius 2 is 1.79 bits per heavy atom. The number of carbonyl (C=O) groups excluding carboxylic acids is 2. The minimum atomic E-state index is -3.95. The van der Waals surface area contributed by atoms with E-state index in [-0.39, 0.29) is 28.5 Å². The lowest BCUT2D eigenvalue weighted by Gasteiger charge is -2.25. The molecule has 1 unspecified atom stereocenters. The largest absolute Gasteiger partial charge is 0.507 e. The van der Waals surface area contributed by atoms with Crippen molar-refractivity contribution < 1.29 is 32.6 Å². The Labute approximate surface area is 193 Å². The lowest BCUT2D eigenvalue weighted by Crippen LogP contribution is -2.29. The molecule has 34 heavy (non-hydrogen) atoms. The van der Waals surface area contributed by atoms with Crippen LogP contribution in [0.25, 0.3) is 5.76 Å². The molecule has 1 atom stereocenters. The van der Waals surface area contributed by atoms with Crippen molar-refractivity contribution in [2.75, 3.05) is 11.7 Å². The fourth-order valence-electron chi connectivity index (χ4n) is 3.95.